The first kappa shape index (κ1) is 35.8. The number of para-hydroxylation sites is 2. The van der Waals surface area contributed by atoms with Gasteiger partial charge in [0.1, 0.15) is 31.1 Å². The predicted octanol–water partition coefficient (Wildman–Crippen LogP) is 14.1. The van der Waals surface area contributed by atoms with E-state index in [1.165, 1.54) is 93.5 Å². The SMILES string of the molecule is CC1(C)c2ccccc2Oc2c1ccc1c2-c2ccc(-c3ccc4cc(-c5cccc6c5Oc5c(ccc7c5-c5ccccc5C7(C)C)[Si]6(C)C)ccc4c3)cc2C1(C)C. The topological polar surface area (TPSA) is 18.5 Å². The zero-order valence-corrected chi connectivity index (χ0v) is 36.7. The van der Waals surface area contributed by atoms with Gasteiger partial charge in [0.2, 0.25) is 0 Å². The Morgan fingerprint density at radius 1 is 0.367 bits per heavy atom. The Bertz CT molecular complexity index is 3210. The first-order valence-corrected chi connectivity index (χ1v) is 24.5. The van der Waals surface area contributed by atoms with Crippen LogP contribution in [0.15, 0.2) is 146 Å². The Kier molecular flexibility index (Phi) is 7.01. The van der Waals surface area contributed by atoms with Crippen LogP contribution in [0.3, 0.4) is 0 Å². The molecule has 12 rings (SSSR count). The molecule has 2 heterocycles. The monoisotopic (exact) mass is 792 g/mol. The second kappa shape index (κ2) is 11.8. The van der Waals surface area contributed by atoms with Crippen LogP contribution < -0.4 is 19.8 Å². The van der Waals surface area contributed by atoms with Crippen molar-refractivity contribution in [2.75, 3.05) is 0 Å². The number of ether oxygens (including phenoxy) is 2. The Hall–Kier alpha value is -6.16. The van der Waals surface area contributed by atoms with Gasteiger partial charge >= 0.3 is 0 Å². The molecular formula is C57H48O2Si. The summed E-state index contributed by atoms with van der Waals surface area (Å²) in [5, 5.41) is 5.19. The molecule has 2 nitrogen and oxygen atoms in total. The van der Waals surface area contributed by atoms with E-state index in [-0.39, 0.29) is 16.2 Å². The van der Waals surface area contributed by atoms with Crippen molar-refractivity contribution in [3.63, 3.8) is 0 Å². The summed E-state index contributed by atoms with van der Waals surface area (Å²) in [5.74, 6) is 4.06. The van der Waals surface area contributed by atoms with Crippen LogP contribution >= 0.6 is 0 Å². The third-order valence-electron chi connectivity index (χ3n) is 15.0. The Morgan fingerprint density at radius 2 is 0.917 bits per heavy atom. The van der Waals surface area contributed by atoms with Crippen molar-refractivity contribution in [1.29, 1.82) is 0 Å². The summed E-state index contributed by atoms with van der Waals surface area (Å²) < 4.78 is 14.0. The van der Waals surface area contributed by atoms with Gasteiger partial charge in [0.15, 0.2) is 0 Å². The molecular weight excluding hydrogens is 745 g/mol. The quantitative estimate of drug-likeness (QED) is 0.162. The van der Waals surface area contributed by atoms with E-state index in [1.807, 2.05) is 0 Å². The number of hydrogen-bond donors (Lipinski definition) is 0. The van der Waals surface area contributed by atoms with Gasteiger partial charge < -0.3 is 9.47 Å². The lowest BCUT2D eigenvalue weighted by Gasteiger charge is -2.36. The van der Waals surface area contributed by atoms with E-state index in [0.717, 1.165) is 28.6 Å². The van der Waals surface area contributed by atoms with Gasteiger partial charge in [-0.15, -0.1) is 0 Å². The molecule has 0 N–H and O–H groups in total. The molecule has 292 valence electrons. The largest absolute Gasteiger partial charge is 0.456 e. The molecule has 4 aliphatic rings. The third-order valence-corrected chi connectivity index (χ3v) is 18.5. The normalized spacial score (nSPS) is 17.1. The van der Waals surface area contributed by atoms with Gasteiger partial charge in [-0.2, -0.15) is 0 Å². The number of fused-ring (bicyclic) bond motifs is 13. The smallest absolute Gasteiger partial charge is 0.139 e. The molecule has 0 aromatic heterocycles. The summed E-state index contributed by atoms with van der Waals surface area (Å²) in [7, 11) is -2.10. The minimum absolute atomic E-state index is 0.0760. The fraction of sp³-hybridized carbons (Fsp3) is 0.193. The number of benzene rings is 8. The maximum atomic E-state index is 7.24. The van der Waals surface area contributed by atoms with Crippen molar-refractivity contribution in [3.05, 3.63) is 179 Å². The number of hydrogen-bond acceptors (Lipinski definition) is 2. The molecule has 2 aliphatic heterocycles. The average molecular weight is 793 g/mol. The van der Waals surface area contributed by atoms with Crippen LogP contribution in [-0.2, 0) is 16.2 Å². The van der Waals surface area contributed by atoms with Gasteiger partial charge in [-0.3, -0.25) is 0 Å². The summed E-state index contributed by atoms with van der Waals surface area (Å²) in [6.07, 6.45) is 0. The molecule has 3 heteroatoms. The van der Waals surface area contributed by atoms with Gasteiger partial charge in [-0.05, 0) is 95.5 Å². The zero-order valence-electron chi connectivity index (χ0n) is 35.7. The molecule has 0 spiro atoms. The molecule has 0 radical (unpaired) electrons. The summed E-state index contributed by atoms with van der Waals surface area (Å²) in [6, 6.07) is 54.5. The molecule has 0 saturated heterocycles. The van der Waals surface area contributed by atoms with E-state index in [1.54, 1.807) is 0 Å². The molecule has 0 saturated carbocycles. The lowest BCUT2D eigenvalue weighted by Crippen LogP contribution is -2.56. The molecule has 0 unspecified atom stereocenters. The molecule has 8 aromatic rings. The van der Waals surface area contributed by atoms with Gasteiger partial charge in [0, 0.05) is 44.1 Å². The van der Waals surface area contributed by atoms with Gasteiger partial charge in [0.05, 0.1) is 0 Å². The molecule has 0 atom stereocenters. The standard InChI is InChI=1S/C57H48O2Si/c1-55(2)41-16-10-9-14-39(41)51-44(55)28-29-49-54(51)59-52-38(15-13-19-48(52)60(49,7)8)37-23-22-33-30-34(20-21-35(33)31-37)36-24-25-40-46(32-36)57(5,6)43-26-27-45-53(50(40)43)58-47-18-12-11-17-42(47)56(45,3)4/h9-32H,1-8H3. The molecule has 0 fully saturated rings. The van der Waals surface area contributed by atoms with Crippen molar-refractivity contribution >= 4 is 29.2 Å². The second-order valence-electron chi connectivity index (χ2n) is 19.7. The van der Waals surface area contributed by atoms with Crippen LogP contribution in [0.5, 0.6) is 23.0 Å². The lowest BCUT2D eigenvalue weighted by molar-refractivity contribution is 0.419. The molecule has 0 amide bonds. The van der Waals surface area contributed by atoms with Crippen molar-refractivity contribution in [3.8, 4) is 67.5 Å². The minimum Gasteiger partial charge on any atom is -0.456 e. The van der Waals surface area contributed by atoms with Crippen LogP contribution in [0, 0.1) is 0 Å². The highest BCUT2D eigenvalue weighted by atomic mass is 28.3. The van der Waals surface area contributed by atoms with Crippen molar-refractivity contribution in [1.82, 2.24) is 0 Å². The van der Waals surface area contributed by atoms with E-state index in [4.69, 9.17) is 9.47 Å². The summed E-state index contributed by atoms with van der Waals surface area (Å²) in [5.41, 5.74) is 17.4. The van der Waals surface area contributed by atoms with Crippen LogP contribution in [0.1, 0.15) is 74.9 Å². The fourth-order valence-electron chi connectivity index (χ4n) is 11.5. The van der Waals surface area contributed by atoms with Crippen molar-refractivity contribution in [2.24, 2.45) is 0 Å². The van der Waals surface area contributed by atoms with Crippen LogP contribution in [-0.4, -0.2) is 8.07 Å². The highest BCUT2D eigenvalue weighted by molar-refractivity contribution is 7.02. The van der Waals surface area contributed by atoms with Crippen LogP contribution in [0.2, 0.25) is 13.1 Å². The van der Waals surface area contributed by atoms with Gasteiger partial charge in [-0.1, -0.05) is 176 Å². The Morgan fingerprint density at radius 3 is 1.72 bits per heavy atom. The molecule has 2 aliphatic carbocycles. The highest BCUT2D eigenvalue weighted by Crippen LogP contribution is 2.59. The van der Waals surface area contributed by atoms with Crippen molar-refractivity contribution in [2.45, 2.75) is 70.9 Å². The average Bonchev–Trinajstić information content (AvgIpc) is 3.62. The molecule has 0 bridgehead atoms. The van der Waals surface area contributed by atoms with E-state index < -0.39 is 8.07 Å². The van der Waals surface area contributed by atoms with E-state index >= 15 is 0 Å². The van der Waals surface area contributed by atoms with E-state index in [0.29, 0.717) is 0 Å². The minimum atomic E-state index is -2.10. The Labute approximate surface area is 354 Å². The molecule has 60 heavy (non-hydrogen) atoms. The highest BCUT2D eigenvalue weighted by Gasteiger charge is 2.45. The van der Waals surface area contributed by atoms with Gasteiger partial charge in [0.25, 0.3) is 0 Å². The first-order valence-electron chi connectivity index (χ1n) is 21.5. The first-order chi connectivity index (χ1) is 28.8. The van der Waals surface area contributed by atoms with E-state index in [9.17, 15) is 0 Å². The van der Waals surface area contributed by atoms with E-state index in [2.05, 4.69) is 200 Å². The van der Waals surface area contributed by atoms with Gasteiger partial charge in [-0.25, -0.2) is 0 Å². The number of rotatable bonds is 2. The summed E-state index contributed by atoms with van der Waals surface area (Å²) >= 11 is 0. The van der Waals surface area contributed by atoms with Crippen molar-refractivity contribution < 1.29 is 9.47 Å². The predicted molar refractivity (Wildman–Crippen MR) is 252 cm³/mol. The third kappa shape index (κ3) is 4.59. The summed E-state index contributed by atoms with van der Waals surface area (Å²) in [4.78, 5) is 0. The Balaban J connectivity index is 0.917. The zero-order chi connectivity index (χ0) is 41.1. The maximum Gasteiger partial charge on any atom is 0.139 e. The van der Waals surface area contributed by atoms with Crippen LogP contribution in [0.25, 0.3) is 55.3 Å². The second-order valence-corrected chi connectivity index (χ2v) is 24.0. The lowest BCUT2D eigenvalue weighted by atomic mass is 9.74. The maximum absolute atomic E-state index is 7.24. The molecule has 8 aromatic carbocycles. The fourth-order valence-corrected chi connectivity index (χ4v) is 14.3. The van der Waals surface area contributed by atoms with Crippen LogP contribution in [0.4, 0.5) is 0 Å². The summed E-state index contributed by atoms with van der Waals surface area (Å²) in [6.45, 7) is 19.0.